The van der Waals surface area contributed by atoms with E-state index in [1.807, 2.05) is 69.3 Å². The van der Waals surface area contributed by atoms with Crippen molar-refractivity contribution in [1.29, 1.82) is 0 Å². The van der Waals surface area contributed by atoms with Gasteiger partial charge in [-0.3, -0.25) is 9.79 Å². The Morgan fingerprint density at radius 2 is 1.86 bits per heavy atom. The summed E-state index contributed by atoms with van der Waals surface area (Å²) in [5.41, 5.74) is 2.84. The van der Waals surface area contributed by atoms with Crippen LogP contribution in [-0.4, -0.2) is 38.1 Å². The van der Waals surface area contributed by atoms with E-state index in [1.165, 1.54) is 5.56 Å². The lowest BCUT2D eigenvalue weighted by atomic mass is 10.1. The summed E-state index contributed by atoms with van der Waals surface area (Å²) in [7, 11) is 1.73. The first-order chi connectivity index (χ1) is 13.5. The second-order valence-electron chi connectivity index (χ2n) is 6.61. The van der Waals surface area contributed by atoms with Crippen molar-refractivity contribution in [2.45, 2.75) is 33.4 Å². The third-order valence-corrected chi connectivity index (χ3v) is 4.09. The molecular formula is C22H31IN4O2. The fourth-order valence-electron chi connectivity index (χ4n) is 2.69. The maximum absolute atomic E-state index is 12.0. The monoisotopic (exact) mass is 510 g/mol. The van der Waals surface area contributed by atoms with Crippen LogP contribution in [0.25, 0.3) is 0 Å². The molecular weight excluding hydrogens is 479 g/mol. The molecule has 0 saturated heterocycles. The molecule has 0 heterocycles. The van der Waals surface area contributed by atoms with Crippen LogP contribution in [0.4, 0.5) is 0 Å². The molecule has 0 aliphatic rings. The molecule has 1 unspecified atom stereocenters. The first-order valence-corrected chi connectivity index (χ1v) is 9.56. The minimum Gasteiger partial charge on any atom is -0.489 e. The van der Waals surface area contributed by atoms with Crippen LogP contribution in [-0.2, 0) is 6.54 Å². The number of rotatable bonds is 8. The summed E-state index contributed by atoms with van der Waals surface area (Å²) in [6, 6.07) is 15.6. The number of ether oxygens (including phenoxy) is 1. The fraction of sp³-hybridized carbons (Fsp3) is 0.364. The molecule has 2 aromatic rings. The van der Waals surface area contributed by atoms with E-state index in [2.05, 4.69) is 20.9 Å². The maximum Gasteiger partial charge on any atom is 0.251 e. The zero-order valence-electron chi connectivity index (χ0n) is 17.5. The minimum absolute atomic E-state index is 0. The number of aryl methyl sites for hydroxylation is 1. The summed E-state index contributed by atoms with van der Waals surface area (Å²) in [5.74, 6) is 1.48. The van der Waals surface area contributed by atoms with Crippen molar-refractivity contribution in [1.82, 2.24) is 16.0 Å². The van der Waals surface area contributed by atoms with Gasteiger partial charge in [-0.15, -0.1) is 24.0 Å². The molecule has 7 heteroatoms. The van der Waals surface area contributed by atoms with Crippen LogP contribution in [0.2, 0.25) is 0 Å². The highest BCUT2D eigenvalue weighted by atomic mass is 127. The number of guanidine groups is 1. The average molecular weight is 510 g/mol. The summed E-state index contributed by atoms with van der Waals surface area (Å²) in [6.07, 6.45) is -0.0126. The molecule has 158 valence electrons. The molecule has 0 bridgehead atoms. The Kier molecular flexibility index (Phi) is 11.1. The maximum atomic E-state index is 12.0. The molecule has 2 aromatic carbocycles. The summed E-state index contributed by atoms with van der Waals surface area (Å²) in [4.78, 5) is 16.2. The lowest BCUT2D eigenvalue weighted by Gasteiger charge is -2.18. The normalized spacial score (nSPS) is 11.8. The van der Waals surface area contributed by atoms with Gasteiger partial charge in [-0.25, -0.2) is 0 Å². The van der Waals surface area contributed by atoms with Gasteiger partial charge in [-0.05, 0) is 56.2 Å². The van der Waals surface area contributed by atoms with E-state index < -0.39 is 0 Å². The number of carbonyl (C=O) groups is 1. The predicted molar refractivity (Wildman–Crippen MR) is 129 cm³/mol. The van der Waals surface area contributed by atoms with Gasteiger partial charge >= 0.3 is 0 Å². The Bertz CT molecular complexity index is 811. The Labute approximate surface area is 190 Å². The van der Waals surface area contributed by atoms with E-state index in [-0.39, 0.29) is 36.0 Å². The van der Waals surface area contributed by atoms with Crippen LogP contribution in [0.15, 0.2) is 53.5 Å². The van der Waals surface area contributed by atoms with Crippen molar-refractivity contribution >= 4 is 35.8 Å². The van der Waals surface area contributed by atoms with Crippen molar-refractivity contribution in [3.8, 4) is 5.75 Å². The highest BCUT2D eigenvalue weighted by Gasteiger charge is 2.07. The second kappa shape index (κ2) is 13.0. The largest absolute Gasteiger partial charge is 0.489 e. The Balaban J connectivity index is 0.00000420. The summed E-state index contributed by atoms with van der Waals surface area (Å²) in [6.45, 7) is 7.76. The van der Waals surface area contributed by atoms with Crippen LogP contribution in [0.5, 0.6) is 5.75 Å². The van der Waals surface area contributed by atoms with Crippen molar-refractivity contribution in [3.63, 3.8) is 0 Å². The van der Waals surface area contributed by atoms with E-state index in [9.17, 15) is 4.79 Å². The van der Waals surface area contributed by atoms with E-state index in [4.69, 9.17) is 4.74 Å². The van der Waals surface area contributed by atoms with Gasteiger partial charge in [-0.2, -0.15) is 0 Å². The zero-order chi connectivity index (χ0) is 20.4. The summed E-state index contributed by atoms with van der Waals surface area (Å²) in [5, 5.41) is 9.34. The molecule has 0 fully saturated rings. The highest BCUT2D eigenvalue weighted by Crippen LogP contribution is 2.13. The summed E-state index contributed by atoms with van der Waals surface area (Å²) >= 11 is 0. The Morgan fingerprint density at radius 3 is 2.55 bits per heavy atom. The third-order valence-electron chi connectivity index (χ3n) is 4.09. The molecule has 0 aliphatic carbocycles. The third kappa shape index (κ3) is 8.72. The van der Waals surface area contributed by atoms with Crippen LogP contribution in [0.3, 0.4) is 0 Å². The SMILES string of the molecule is CCNC(=O)c1cccc(CNC(=NC)NCC(C)Oc2cccc(C)c2)c1.I. The molecule has 0 aromatic heterocycles. The Hall–Kier alpha value is -2.29. The van der Waals surface area contributed by atoms with Crippen molar-refractivity contribution in [2.75, 3.05) is 20.1 Å². The minimum atomic E-state index is -0.0611. The van der Waals surface area contributed by atoms with Gasteiger partial charge in [-0.1, -0.05) is 24.3 Å². The number of nitrogens with one attached hydrogen (secondary N) is 3. The predicted octanol–water partition coefficient (Wildman–Crippen LogP) is 3.50. The van der Waals surface area contributed by atoms with Gasteiger partial charge < -0.3 is 20.7 Å². The lowest BCUT2D eigenvalue weighted by molar-refractivity contribution is 0.0955. The first kappa shape index (κ1) is 24.7. The average Bonchev–Trinajstić information content (AvgIpc) is 2.68. The van der Waals surface area contributed by atoms with Crippen molar-refractivity contribution in [2.24, 2.45) is 4.99 Å². The van der Waals surface area contributed by atoms with Crippen LogP contribution in [0.1, 0.15) is 35.3 Å². The number of halogens is 1. The zero-order valence-corrected chi connectivity index (χ0v) is 19.8. The van der Waals surface area contributed by atoms with Crippen LogP contribution < -0.4 is 20.7 Å². The van der Waals surface area contributed by atoms with Crippen molar-refractivity contribution in [3.05, 3.63) is 65.2 Å². The van der Waals surface area contributed by atoms with E-state index in [0.29, 0.717) is 31.2 Å². The van der Waals surface area contributed by atoms with Gasteiger partial charge in [0.2, 0.25) is 0 Å². The Morgan fingerprint density at radius 1 is 1.10 bits per heavy atom. The quantitative estimate of drug-likeness (QED) is 0.289. The second-order valence-corrected chi connectivity index (χ2v) is 6.61. The number of hydrogen-bond acceptors (Lipinski definition) is 3. The molecule has 0 aliphatic heterocycles. The molecule has 29 heavy (non-hydrogen) atoms. The molecule has 3 N–H and O–H groups in total. The summed E-state index contributed by atoms with van der Waals surface area (Å²) < 4.78 is 5.93. The highest BCUT2D eigenvalue weighted by molar-refractivity contribution is 14.0. The molecule has 0 radical (unpaired) electrons. The molecule has 1 atom stereocenters. The molecule has 0 spiro atoms. The van der Waals surface area contributed by atoms with Crippen molar-refractivity contribution < 1.29 is 9.53 Å². The number of nitrogens with zero attached hydrogens (tertiary/aromatic N) is 1. The van der Waals surface area contributed by atoms with Gasteiger partial charge in [0, 0.05) is 25.7 Å². The number of carbonyl (C=O) groups excluding carboxylic acids is 1. The first-order valence-electron chi connectivity index (χ1n) is 9.56. The fourth-order valence-corrected chi connectivity index (χ4v) is 2.69. The topological polar surface area (TPSA) is 74.8 Å². The van der Waals surface area contributed by atoms with Gasteiger partial charge in [0.15, 0.2) is 5.96 Å². The van der Waals surface area contributed by atoms with Gasteiger partial charge in [0.25, 0.3) is 5.91 Å². The van der Waals surface area contributed by atoms with Gasteiger partial charge in [0.1, 0.15) is 11.9 Å². The molecule has 0 saturated carbocycles. The standard InChI is InChI=1S/C22H30N4O2.HI/c1-5-24-21(27)19-10-7-9-18(13-19)15-26-22(23-4)25-14-17(3)28-20-11-6-8-16(2)12-20;/h6-13,17H,5,14-15H2,1-4H3,(H,24,27)(H2,23,25,26);1H. The van der Waals surface area contributed by atoms with E-state index >= 15 is 0 Å². The molecule has 6 nitrogen and oxygen atoms in total. The van der Waals surface area contributed by atoms with E-state index in [1.54, 1.807) is 7.05 Å². The molecule has 1 amide bonds. The molecule has 2 rings (SSSR count). The lowest BCUT2D eigenvalue weighted by Crippen LogP contribution is -2.41. The van der Waals surface area contributed by atoms with E-state index in [0.717, 1.165) is 11.3 Å². The number of hydrogen-bond donors (Lipinski definition) is 3. The number of benzene rings is 2. The van der Waals surface area contributed by atoms with Gasteiger partial charge in [0.05, 0.1) is 6.54 Å². The van der Waals surface area contributed by atoms with Crippen LogP contribution >= 0.6 is 24.0 Å². The number of amides is 1. The van der Waals surface area contributed by atoms with Crippen LogP contribution in [0, 0.1) is 6.92 Å². The smallest absolute Gasteiger partial charge is 0.251 e. The number of aliphatic imine (C=N–C) groups is 1.